The second-order valence-corrected chi connectivity index (χ2v) is 11.6. The number of amides is 3. The van der Waals surface area contributed by atoms with Crippen molar-refractivity contribution in [1.29, 1.82) is 0 Å². The lowest BCUT2D eigenvalue weighted by molar-refractivity contribution is -0.122. The molecule has 3 amide bonds. The summed E-state index contributed by atoms with van der Waals surface area (Å²) in [4.78, 5) is 47.5. The number of nitrogens with zero attached hydrogens (tertiary/aromatic N) is 3. The van der Waals surface area contributed by atoms with Crippen LogP contribution in [0, 0.1) is 0 Å². The molecule has 1 aliphatic heterocycles. The molecule has 8 nitrogen and oxygen atoms in total. The zero-order valence-corrected chi connectivity index (χ0v) is 22.6. The number of thiazole rings is 1. The lowest BCUT2D eigenvalue weighted by Gasteiger charge is -2.30. The molecule has 1 saturated heterocycles. The van der Waals surface area contributed by atoms with E-state index in [4.69, 9.17) is 4.74 Å². The third-order valence-corrected chi connectivity index (χ3v) is 7.37. The summed E-state index contributed by atoms with van der Waals surface area (Å²) >= 11 is 1.34. The molecule has 198 valence electrons. The van der Waals surface area contributed by atoms with Gasteiger partial charge in [-0.3, -0.25) is 19.4 Å². The molecule has 2 fully saturated rings. The smallest absolute Gasteiger partial charge is 0.410 e. The van der Waals surface area contributed by atoms with E-state index in [2.05, 4.69) is 10.3 Å². The molecule has 1 N–H and O–H groups in total. The molecule has 1 aliphatic carbocycles. The number of carbonyl (C=O) groups is 3. The van der Waals surface area contributed by atoms with Crippen molar-refractivity contribution >= 4 is 40.1 Å². The summed E-state index contributed by atoms with van der Waals surface area (Å²) < 4.78 is 5.70. The van der Waals surface area contributed by atoms with E-state index in [0.29, 0.717) is 29.3 Å². The Bertz CT molecular complexity index is 1280. The first-order valence-corrected chi connectivity index (χ1v) is 13.8. The molecule has 2 atom stereocenters. The first kappa shape index (κ1) is 25.9. The summed E-state index contributed by atoms with van der Waals surface area (Å²) in [6.07, 6.45) is 3.61. The molecule has 3 aromatic rings. The van der Waals surface area contributed by atoms with Crippen LogP contribution in [0.2, 0.25) is 0 Å². The molecule has 1 aromatic heterocycles. The number of aromatic nitrogens is 1. The Morgan fingerprint density at radius 3 is 2.37 bits per heavy atom. The van der Waals surface area contributed by atoms with Gasteiger partial charge in [0.05, 0.1) is 5.69 Å². The summed E-state index contributed by atoms with van der Waals surface area (Å²) in [5.41, 5.74) is 1.50. The average molecular weight is 533 g/mol. The SMILES string of the molecule is CC(C)(C)OC(=O)N1CC(c2ccccc2)CC1C(=O)N(c1ccc(C(=O)NC2CC2)cc1)c1nccs1. The predicted molar refractivity (Wildman–Crippen MR) is 147 cm³/mol. The number of hydrogen-bond donors (Lipinski definition) is 1. The van der Waals surface area contributed by atoms with Crippen LogP contribution in [0.25, 0.3) is 0 Å². The van der Waals surface area contributed by atoms with Crippen molar-refractivity contribution in [3.63, 3.8) is 0 Å². The monoisotopic (exact) mass is 532 g/mol. The highest BCUT2D eigenvalue weighted by Gasteiger charge is 2.44. The Morgan fingerprint density at radius 1 is 1.05 bits per heavy atom. The van der Waals surface area contributed by atoms with Crippen LogP contribution in [0.4, 0.5) is 15.6 Å². The molecule has 2 unspecified atom stereocenters. The average Bonchev–Trinajstić information content (AvgIpc) is 3.35. The number of hydrogen-bond acceptors (Lipinski definition) is 6. The van der Waals surface area contributed by atoms with Crippen LogP contribution in [0.1, 0.15) is 61.9 Å². The van der Waals surface area contributed by atoms with Crippen LogP contribution in [-0.2, 0) is 9.53 Å². The number of likely N-dealkylation sites (tertiary alicyclic amines) is 1. The van der Waals surface area contributed by atoms with E-state index in [9.17, 15) is 14.4 Å². The minimum atomic E-state index is -0.739. The molecular formula is C29H32N4O4S. The molecule has 1 saturated carbocycles. The number of benzene rings is 2. The molecule has 9 heteroatoms. The number of anilines is 2. The molecule has 0 spiro atoms. The zero-order chi connectivity index (χ0) is 26.9. The lowest BCUT2D eigenvalue weighted by atomic mass is 9.96. The highest BCUT2D eigenvalue weighted by Crippen LogP contribution is 2.37. The van der Waals surface area contributed by atoms with Crippen molar-refractivity contribution in [1.82, 2.24) is 15.2 Å². The maximum Gasteiger partial charge on any atom is 0.410 e. The van der Waals surface area contributed by atoms with Gasteiger partial charge in [0, 0.05) is 35.6 Å². The summed E-state index contributed by atoms with van der Waals surface area (Å²) in [5.74, 6) is -0.396. The third-order valence-electron chi connectivity index (χ3n) is 6.62. The highest BCUT2D eigenvalue weighted by molar-refractivity contribution is 7.13. The first-order valence-electron chi connectivity index (χ1n) is 12.9. The van der Waals surface area contributed by atoms with E-state index in [1.807, 2.05) is 51.1 Å². The van der Waals surface area contributed by atoms with Gasteiger partial charge in [0.2, 0.25) is 0 Å². The van der Waals surface area contributed by atoms with Crippen LogP contribution in [0.15, 0.2) is 66.2 Å². The van der Waals surface area contributed by atoms with E-state index < -0.39 is 17.7 Å². The largest absolute Gasteiger partial charge is 0.444 e. The van der Waals surface area contributed by atoms with E-state index in [1.165, 1.54) is 11.3 Å². The topological polar surface area (TPSA) is 91.8 Å². The standard InChI is InChI=1S/C29H32N4O4S/c1-29(2,3)37-28(36)32-18-21(19-7-5-4-6-8-19)17-24(32)26(35)33(27-30-15-16-38-27)23-13-9-20(10-14-23)25(34)31-22-11-12-22/h4-10,13-16,21-22,24H,11-12,17-18H2,1-3H3,(H,31,34). The van der Waals surface area contributed by atoms with Crippen molar-refractivity contribution in [2.45, 2.75) is 63.6 Å². The van der Waals surface area contributed by atoms with Crippen molar-refractivity contribution < 1.29 is 19.1 Å². The van der Waals surface area contributed by atoms with E-state index in [-0.39, 0.29) is 23.8 Å². The summed E-state index contributed by atoms with van der Waals surface area (Å²) in [6.45, 7) is 5.82. The van der Waals surface area contributed by atoms with Gasteiger partial charge in [-0.25, -0.2) is 9.78 Å². The summed E-state index contributed by atoms with van der Waals surface area (Å²) in [6, 6.07) is 16.4. The maximum absolute atomic E-state index is 14.2. The third kappa shape index (κ3) is 5.88. The number of nitrogens with one attached hydrogen (secondary N) is 1. The number of rotatable bonds is 6. The highest BCUT2D eigenvalue weighted by atomic mass is 32.1. The Morgan fingerprint density at radius 2 is 1.76 bits per heavy atom. The molecular weight excluding hydrogens is 500 g/mol. The van der Waals surface area contributed by atoms with E-state index in [0.717, 1.165) is 18.4 Å². The fourth-order valence-corrected chi connectivity index (χ4v) is 5.29. The Hall–Kier alpha value is -3.72. The second kappa shape index (κ2) is 10.6. The van der Waals surface area contributed by atoms with Crippen LogP contribution in [0.5, 0.6) is 0 Å². The van der Waals surface area contributed by atoms with Gasteiger partial charge < -0.3 is 10.1 Å². The van der Waals surface area contributed by atoms with Crippen LogP contribution >= 0.6 is 11.3 Å². The quantitative estimate of drug-likeness (QED) is 0.453. The van der Waals surface area contributed by atoms with Gasteiger partial charge in [-0.15, -0.1) is 11.3 Å². The lowest BCUT2D eigenvalue weighted by Crippen LogP contribution is -2.48. The molecule has 2 heterocycles. The minimum Gasteiger partial charge on any atom is -0.444 e. The van der Waals surface area contributed by atoms with Crippen LogP contribution in [-0.4, -0.2) is 52.0 Å². The van der Waals surface area contributed by atoms with Gasteiger partial charge in [0.25, 0.3) is 11.8 Å². The molecule has 38 heavy (non-hydrogen) atoms. The number of ether oxygens (including phenoxy) is 1. The van der Waals surface area contributed by atoms with Gasteiger partial charge in [-0.2, -0.15) is 0 Å². The maximum atomic E-state index is 14.2. The molecule has 2 aromatic carbocycles. The van der Waals surface area contributed by atoms with Gasteiger partial charge in [0.15, 0.2) is 5.13 Å². The van der Waals surface area contributed by atoms with Gasteiger partial charge >= 0.3 is 6.09 Å². The zero-order valence-electron chi connectivity index (χ0n) is 21.8. The van der Waals surface area contributed by atoms with E-state index >= 15 is 0 Å². The Labute approximate surface area is 226 Å². The summed E-state index contributed by atoms with van der Waals surface area (Å²) in [7, 11) is 0. The second-order valence-electron chi connectivity index (χ2n) is 10.8. The fraction of sp³-hybridized carbons (Fsp3) is 0.379. The fourth-order valence-electron chi connectivity index (χ4n) is 4.62. The van der Waals surface area contributed by atoms with Crippen LogP contribution in [0.3, 0.4) is 0 Å². The van der Waals surface area contributed by atoms with Crippen molar-refractivity contribution in [2.75, 3.05) is 11.4 Å². The van der Waals surface area contributed by atoms with Crippen molar-refractivity contribution in [3.05, 3.63) is 77.3 Å². The molecule has 2 aliphatic rings. The van der Waals surface area contributed by atoms with Crippen molar-refractivity contribution in [3.8, 4) is 0 Å². The minimum absolute atomic E-state index is 0.00990. The normalized spacial score (nSPS) is 19.2. The molecule has 0 bridgehead atoms. The Balaban J connectivity index is 1.45. The van der Waals surface area contributed by atoms with E-state index in [1.54, 1.807) is 45.6 Å². The number of carbonyl (C=O) groups excluding carboxylic acids is 3. The van der Waals surface area contributed by atoms with Gasteiger partial charge in [0.1, 0.15) is 11.6 Å². The van der Waals surface area contributed by atoms with Crippen molar-refractivity contribution in [2.24, 2.45) is 0 Å². The van der Waals surface area contributed by atoms with Gasteiger partial charge in [-0.05, 0) is 69.9 Å². The molecule has 5 rings (SSSR count). The van der Waals surface area contributed by atoms with Crippen LogP contribution < -0.4 is 10.2 Å². The molecule has 0 radical (unpaired) electrons. The van der Waals surface area contributed by atoms with Gasteiger partial charge in [-0.1, -0.05) is 30.3 Å². The first-order chi connectivity index (χ1) is 18.2. The predicted octanol–water partition coefficient (Wildman–Crippen LogP) is 5.49. The summed E-state index contributed by atoms with van der Waals surface area (Å²) in [5, 5.41) is 5.29. The Kier molecular flexibility index (Phi) is 7.21.